The Morgan fingerprint density at radius 3 is 2.10 bits per heavy atom. The van der Waals surface area contributed by atoms with E-state index in [1.165, 1.54) is 18.2 Å². The molecule has 0 radical (unpaired) electrons. The van der Waals surface area contributed by atoms with E-state index < -0.39 is 42.3 Å². The summed E-state index contributed by atoms with van der Waals surface area (Å²) in [6.45, 7) is 0. The maximum Gasteiger partial charge on any atom is 0.534 e. The number of rotatable bonds is 4. The summed E-state index contributed by atoms with van der Waals surface area (Å²) < 4.78 is 90.6. The fourth-order valence-electron chi connectivity index (χ4n) is 2.72. The zero-order valence-electron chi connectivity index (χ0n) is 14.1. The highest BCUT2D eigenvalue weighted by molar-refractivity contribution is 9.26. The van der Waals surface area contributed by atoms with E-state index in [-0.39, 0.29) is 17.7 Å². The normalized spacial score (nSPS) is 19.1. The molecular weight excluding hydrogens is 553 g/mol. The number of hydrogen-bond acceptors (Lipinski definition) is 4. The third kappa shape index (κ3) is 4.48. The first-order valence-electron chi connectivity index (χ1n) is 7.83. The third-order valence-corrected chi connectivity index (χ3v) is 6.41. The van der Waals surface area contributed by atoms with Gasteiger partial charge in [-0.05, 0) is 29.8 Å². The molecule has 12 heteroatoms. The number of aliphatic imine (C=N–C) groups is 1. The van der Waals surface area contributed by atoms with Crippen molar-refractivity contribution in [2.75, 3.05) is 0 Å². The summed E-state index contributed by atoms with van der Waals surface area (Å²) in [6.07, 6.45) is 0.233. The summed E-state index contributed by atoms with van der Waals surface area (Å²) in [5.41, 5.74) is -5.29. The van der Waals surface area contributed by atoms with Crippen LogP contribution in [-0.4, -0.2) is 22.9 Å². The number of halogens is 7. The number of hydrogen-bond donors (Lipinski definition) is 0. The van der Waals surface area contributed by atoms with Crippen LogP contribution in [0.1, 0.15) is 23.6 Å². The first-order valence-corrected chi connectivity index (χ1v) is 10.8. The molecule has 1 atom stereocenters. The fraction of sp³-hybridized carbons (Fsp3) is 0.235. The molecule has 1 aliphatic heterocycles. The summed E-state index contributed by atoms with van der Waals surface area (Å²) in [4.78, 5) is 4.35. The highest BCUT2D eigenvalue weighted by Gasteiger charge is 2.48. The van der Waals surface area contributed by atoms with Gasteiger partial charge in [0, 0.05) is 6.42 Å². The van der Waals surface area contributed by atoms with Crippen LogP contribution in [0.2, 0.25) is 0 Å². The van der Waals surface area contributed by atoms with E-state index in [0.717, 1.165) is 24.3 Å². The minimum Gasteiger partial charge on any atom is -0.376 e. The van der Waals surface area contributed by atoms with Crippen LogP contribution in [0.3, 0.4) is 0 Å². The predicted octanol–water partition coefficient (Wildman–Crippen LogP) is 5.61. The second kappa shape index (κ2) is 7.62. The standard InChI is InChI=1S/C17H10Br2F5NO3S/c18-16(19)8-13(25-15(16)14-11(20)2-1-3-12(14)21)9-4-6-10(7-5-9)28-29(26,27)17(22,23)24/h1-7,13H,8H2/t13-/m1/s1. The fourth-order valence-corrected chi connectivity index (χ4v) is 4.39. The van der Waals surface area contributed by atoms with Gasteiger partial charge in [0.05, 0.1) is 17.3 Å². The van der Waals surface area contributed by atoms with E-state index in [9.17, 15) is 30.4 Å². The van der Waals surface area contributed by atoms with Gasteiger partial charge in [-0.3, -0.25) is 4.99 Å². The van der Waals surface area contributed by atoms with Crippen LogP contribution in [0.25, 0.3) is 0 Å². The molecule has 0 N–H and O–H groups in total. The molecule has 0 saturated heterocycles. The van der Waals surface area contributed by atoms with Gasteiger partial charge in [-0.1, -0.05) is 50.1 Å². The Balaban J connectivity index is 1.90. The van der Waals surface area contributed by atoms with Crippen LogP contribution in [0.15, 0.2) is 47.5 Å². The van der Waals surface area contributed by atoms with Crippen molar-refractivity contribution in [3.8, 4) is 5.75 Å². The van der Waals surface area contributed by atoms with Crippen LogP contribution in [-0.2, 0) is 10.1 Å². The number of alkyl halides is 5. The van der Waals surface area contributed by atoms with Crippen LogP contribution in [0, 0.1) is 11.6 Å². The van der Waals surface area contributed by atoms with Gasteiger partial charge in [0.2, 0.25) is 0 Å². The second-order valence-electron chi connectivity index (χ2n) is 6.05. The van der Waals surface area contributed by atoms with Crippen molar-refractivity contribution in [3.05, 3.63) is 65.2 Å². The Bertz CT molecular complexity index is 1050. The highest BCUT2D eigenvalue weighted by atomic mass is 79.9. The van der Waals surface area contributed by atoms with Crippen LogP contribution >= 0.6 is 31.9 Å². The maximum atomic E-state index is 14.2. The molecule has 1 aliphatic rings. The second-order valence-corrected chi connectivity index (χ2v) is 11.4. The summed E-state index contributed by atoms with van der Waals surface area (Å²) in [5, 5.41) is 0. The van der Waals surface area contributed by atoms with E-state index in [1.807, 2.05) is 0 Å². The molecule has 0 bridgehead atoms. The topological polar surface area (TPSA) is 55.7 Å². The lowest BCUT2D eigenvalue weighted by molar-refractivity contribution is -0.0500. The quantitative estimate of drug-likeness (QED) is 0.210. The van der Waals surface area contributed by atoms with Gasteiger partial charge >= 0.3 is 15.6 Å². The Morgan fingerprint density at radius 2 is 1.59 bits per heavy atom. The lowest BCUT2D eigenvalue weighted by Crippen LogP contribution is -2.28. The van der Waals surface area contributed by atoms with Crippen molar-refractivity contribution in [3.63, 3.8) is 0 Å². The molecule has 0 fully saturated rings. The zero-order valence-corrected chi connectivity index (χ0v) is 18.0. The Morgan fingerprint density at radius 1 is 1.03 bits per heavy atom. The summed E-state index contributed by atoms with van der Waals surface area (Å²) in [7, 11) is -5.78. The maximum absolute atomic E-state index is 14.2. The van der Waals surface area contributed by atoms with Gasteiger partial charge in [-0.2, -0.15) is 21.6 Å². The zero-order chi connectivity index (χ0) is 21.6. The highest BCUT2D eigenvalue weighted by Crippen LogP contribution is 2.47. The van der Waals surface area contributed by atoms with E-state index in [4.69, 9.17) is 0 Å². The van der Waals surface area contributed by atoms with Crippen LogP contribution in [0.5, 0.6) is 5.75 Å². The summed E-state index contributed by atoms with van der Waals surface area (Å²) in [6, 6.07) is 7.54. The third-order valence-electron chi connectivity index (χ3n) is 4.03. The van der Waals surface area contributed by atoms with Crippen molar-refractivity contribution >= 4 is 47.7 Å². The molecule has 1 heterocycles. The first-order chi connectivity index (χ1) is 13.3. The molecule has 0 amide bonds. The minimum absolute atomic E-state index is 0.0816. The minimum atomic E-state index is -5.78. The molecule has 156 valence electrons. The Labute approximate surface area is 179 Å². The average Bonchev–Trinajstić information content (AvgIpc) is 2.89. The summed E-state index contributed by atoms with van der Waals surface area (Å²) >= 11 is 6.70. The monoisotopic (exact) mass is 561 g/mol. The Kier molecular flexibility index (Phi) is 5.82. The molecule has 2 aromatic rings. The number of nitrogens with zero attached hydrogens (tertiary/aromatic N) is 1. The SMILES string of the molecule is O=S(=O)(Oc1ccc([C@H]2CC(Br)(Br)C(c3c(F)cccc3F)=N2)cc1)C(F)(F)F. The van der Waals surface area contributed by atoms with Gasteiger partial charge < -0.3 is 4.18 Å². The molecule has 29 heavy (non-hydrogen) atoms. The van der Waals surface area contributed by atoms with Crippen molar-refractivity contribution in [2.24, 2.45) is 4.99 Å². The van der Waals surface area contributed by atoms with E-state index in [2.05, 4.69) is 41.0 Å². The van der Waals surface area contributed by atoms with Crippen molar-refractivity contribution in [2.45, 2.75) is 21.2 Å². The first kappa shape index (κ1) is 22.2. The molecule has 0 aliphatic carbocycles. The van der Waals surface area contributed by atoms with Crippen LogP contribution in [0.4, 0.5) is 22.0 Å². The van der Waals surface area contributed by atoms with Gasteiger partial charge in [-0.15, -0.1) is 0 Å². The van der Waals surface area contributed by atoms with Crippen LogP contribution < -0.4 is 4.18 Å². The average molecular weight is 563 g/mol. The van der Waals surface area contributed by atoms with E-state index in [0.29, 0.717) is 5.56 Å². The van der Waals surface area contributed by atoms with Gasteiger partial charge in [0.1, 0.15) is 20.6 Å². The molecule has 3 rings (SSSR count). The molecule has 0 aromatic heterocycles. The summed E-state index contributed by atoms with van der Waals surface area (Å²) in [5.74, 6) is -2.13. The van der Waals surface area contributed by atoms with Crippen molar-refractivity contribution < 1.29 is 34.6 Å². The van der Waals surface area contributed by atoms with Gasteiger partial charge in [-0.25, -0.2) is 8.78 Å². The predicted molar refractivity (Wildman–Crippen MR) is 103 cm³/mol. The van der Waals surface area contributed by atoms with E-state index in [1.54, 1.807) is 0 Å². The van der Waals surface area contributed by atoms with Gasteiger partial charge in [0.25, 0.3) is 0 Å². The molecule has 2 aromatic carbocycles. The van der Waals surface area contributed by atoms with Gasteiger partial charge in [0.15, 0.2) is 0 Å². The lowest BCUT2D eigenvalue weighted by Gasteiger charge is -2.17. The number of benzene rings is 2. The van der Waals surface area contributed by atoms with Crippen molar-refractivity contribution in [1.29, 1.82) is 0 Å². The molecule has 0 saturated carbocycles. The molecule has 0 unspecified atom stereocenters. The van der Waals surface area contributed by atoms with Crippen molar-refractivity contribution in [1.82, 2.24) is 0 Å². The Hall–Kier alpha value is -1.53. The molecular formula is C17H10Br2F5NO3S. The molecule has 4 nitrogen and oxygen atoms in total. The lowest BCUT2D eigenvalue weighted by atomic mass is 10.0. The molecule has 0 spiro atoms. The smallest absolute Gasteiger partial charge is 0.376 e. The van der Waals surface area contributed by atoms with E-state index >= 15 is 0 Å². The largest absolute Gasteiger partial charge is 0.534 e.